The highest BCUT2D eigenvalue weighted by Gasteiger charge is 2.08. The SMILES string of the molecule is Cc1cc(C(=N)N)nc(N(C)CCCCCO)n1. The van der Waals surface area contributed by atoms with Crippen molar-refractivity contribution in [2.24, 2.45) is 5.73 Å². The number of anilines is 1. The van der Waals surface area contributed by atoms with Gasteiger partial charge in [0.25, 0.3) is 0 Å². The maximum absolute atomic E-state index is 8.71. The van der Waals surface area contributed by atoms with Gasteiger partial charge < -0.3 is 15.7 Å². The molecule has 1 aromatic rings. The maximum Gasteiger partial charge on any atom is 0.225 e. The smallest absolute Gasteiger partial charge is 0.225 e. The Labute approximate surface area is 107 Å². The van der Waals surface area contributed by atoms with E-state index in [0.29, 0.717) is 11.6 Å². The monoisotopic (exact) mass is 251 g/mol. The van der Waals surface area contributed by atoms with Crippen LogP contribution < -0.4 is 10.6 Å². The van der Waals surface area contributed by atoms with E-state index >= 15 is 0 Å². The number of aryl methyl sites for hydroxylation is 1. The Hall–Kier alpha value is -1.69. The minimum Gasteiger partial charge on any atom is -0.396 e. The molecule has 0 fully saturated rings. The normalized spacial score (nSPS) is 10.4. The van der Waals surface area contributed by atoms with Crippen LogP contribution in [0.4, 0.5) is 5.95 Å². The molecule has 0 saturated heterocycles. The number of aliphatic hydroxyl groups excluding tert-OH is 1. The van der Waals surface area contributed by atoms with Crippen molar-refractivity contribution in [3.8, 4) is 0 Å². The van der Waals surface area contributed by atoms with Gasteiger partial charge in [-0.25, -0.2) is 9.97 Å². The summed E-state index contributed by atoms with van der Waals surface area (Å²) in [7, 11) is 1.91. The molecule has 0 bridgehead atoms. The number of hydrogen-bond acceptors (Lipinski definition) is 5. The van der Waals surface area contributed by atoms with Crippen LogP contribution in [0.5, 0.6) is 0 Å². The van der Waals surface area contributed by atoms with Crippen molar-refractivity contribution < 1.29 is 5.11 Å². The second-order valence-electron chi connectivity index (χ2n) is 4.31. The van der Waals surface area contributed by atoms with E-state index in [2.05, 4.69) is 9.97 Å². The van der Waals surface area contributed by atoms with Gasteiger partial charge >= 0.3 is 0 Å². The number of rotatable bonds is 7. The van der Waals surface area contributed by atoms with Crippen LogP contribution >= 0.6 is 0 Å². The van der Waals surface area contributed by atoms with E-state index in [1.54, 1.807) is 6.07 Å². The third kappa shape index (κ3) is 4.29. The molecule has 0 aliphatic carbocycles. The zero-order chi connectivity index (χ0) is 13.5. The second kappa shape index (κ2) is 6.90. The molecule has 0 saturated carbocycles. The van der Waals surface area contributed by atoms with Crippen molar-refractivity contribution in [3.63, 3.8) is 0 Å². The summed E-state index contributed by atoms with van der Waals surface area (Å²) in [5.74, 6) is 0.541. The highest BCUT2D eigenvalue weighted by molar-refractivity contribution is 5.93. The van der Waals surface area contributed by atoms with E-state index in [4.69, 9.17) is 16.2 Å². The lowest BCUT2D eigenvalue weighted by molar-refractivity contribution is 0.283. The largest absolute Gasteiger partial charge is 0.396 e. The first-order valence-electron chi connectivity index (χ1n) is 6.06. The quantitative estimate of drug-likeness (QED) is 0.376. The number of unbranched alkanes of at least 4 members (excludes halogenated alkanes) is 2. The van der Waals surface area contributed by atoms with E-state index < -0.39 is 0 Å². The van der Waals surface area contributed by atoms with Crippen LogP contribution in [-0.2, 0) is 0 Å². The third-order valence-corrected chi connectivity index (χ3v) is 2.61. The van der Waals surface area contributed by atoms with Crippen LogP contribution in [0.25, 0.3) is 0 Å². The van der Waals surface area contributed by atoms with Gasteiger partial charge in [0, 0.05) is 25.9 Å². The lowest BCUT2D eigenvalue weighted by Crippen LogP contribution is -2.23. The number of nitrogens with one attached hydrogen (secondary N) is 1. The molecule has 6 nitrogen and oxygen atoms in total. The molecule has 0 atom stereocenters. The number of aliphatic hydroxyl groups is 1. The maximum atomic E-state index is 8.71. The van der Waals surface area contributed by atoms with Gasteiger partial charge in [-0.3, -0.25) is 5.41 Å². The lowest BCUT2D eigenvalue weighted by Gasteiger charge is -2.17. The standard InChI is InChI=1S/C12H21N5O/c1-9-8-10(11(13)14)16-12(15-9)17(2)6-4-3-5-7-18/h8,18H,3-7H2,1-2H3,(H3,13,14). The van der Waals surface area contributed by atoms with Crippen LogP contribution in [0.1, 0.15) is 30.7 Å². The fourth-order valence-corrected chi connectivity index (χ4v) is 1.60. The molecule has 1 heterocycles. The molecule has 100 valence electrons. The summed E-state index contributed by atoms with van der Waals surface area (Å²) in [4.78, 5) is 10.5. The molecule has 18 heavy (non-hydrogen) atoms. The van der Waals surface area contributed by atoms with E-state index in [9.17, 15) is 0 Å². The number of aromatic nitrogens is 2. The number of nitrogen functional groups attached to an aromatic ring is 1. The first kappa shape index (κ1) is 14.4. The van der Waals surface area contributed by atoms with Crippen molar-refractivity contribution in [2.45, 2.75) is 26.2 Å². The summed E-state index contributed by atoms with van der Waals surface area (Å²) < 4.78 is 0. The number of nitrogens with zero attached hydrogens (tertiary/aromatic N) is 3. The average Bonchev–Trinajstić information content (AvgIpc) is 2.33. The van der Waals surface area contributed by atoms with Crippen molar-refractivity contribution in [2.75, 3.05) is 25.1 Å². The fourth-order valence-electron chi connectivity index (χ4n) is 1.60. The zero-order valence-electron chi connectivity index (χ0n) is 11.0. The van der Waals surface area contributed by atoms with Crippen LogP contribution in [-0.4, -0.2) is 41.1 Å². The predicted molar refractivity (Wildman–Crippen MR) is 72.0 cm³/mol. The predicted octanol–water partition coefficient (Wildman–Crippen LogP) is 0.668. The van der Waals surface area contributed by atoms with E-state index in [1.807, 2.05) is 18.9 Å². The van der Waals surface area contributed by atoms with Gasteiger partial charge in [-0.15, -0.1) is 0 Å². The van der Waals surface area contributed by atoms with Crippen molar-refractivity contribution >= 4 is 11.8 Å². The Morgan fingerprint density at radius 1 is 1.39 bits per heavy atom. The minimum absolute atomic E-state index is 0.0459. The van der Waals surface area contributed by atoms with Gasteiger partial charge in [-0.05, 0) is 32.3 Å². The number of nitrogens with two attached hydrogens (primary N) is 1. The molecule has 4 N–H and O–H groups in total. The fraction of sp³-hybridized carbons (Fsp3) is 0.583. The van der Waals surface area contributed by atoms with Gasteiger partial charge in [0.1, 0.15) is 11.5 Å². The highest BCUT2D eigenvalue weighted by atomic mass is 16.2. The third-order valence-electron chi connectivity index (χ3n) is 2.61. The van der Waals surface area contributed by atoms with Crippen LogP contribution in [0, 0.1) is 12.3 Å². The summed E-state index contributed by atoms with van der Waals surface area (Å²) in [5.41, 5.74) is 6.69. The molecule has 6 heteroatoms. The van der Waals surface area contributed by atoms with E-state index in [-0.39, 0.29) is 12.4 Å². The first-order valence-corrected chi connectivity index (χ1v) is 6.06. The molecule has 0 amide bonds. The Morgan fingerprint density at radius 3 is 2.72 bits per heavy atom. The van der Waals surface area contributed by atoms with Gasteiger partial charge in [0.15, 0.2) is 0 Å². The first-order chi connectivity index (χ1) is 8.54. The summed E-state index contributed by atoms with van der Waals surface area (Å²) in [5, 5.41) is 16.1. The molecule has 0 unspecified atom stereocenters. The molecule has 0 aliphatic heterocycles. The Morgan fingerprint density at radius 2 is 2.11 bits per heavy atom. The highest BCUT2D eigenvalue weighted by Crippen LogP contribution is 2.09. The Kier molecular flexibility index (Phi) is 5.51. The molecule has 0 aliphatic rings. The van der Waals surface area contributed by atoms with Crippen molar-refractivity contribution in [3.05, 3.63) is 17.5 Å². The van der Waals surface area contributed by atoms with Crippen LogP contribution in [0.15, 0.2) is 6.07 Å². The van der Waals surface area contributed by atoms with Gasteiger partial charge in [-0.1, -0.05) is 0 Å². The van der Waals surface area contributed by atoms with Crippen LogP contribution in [0.2, 0.25) is 0 Å². The topological polar surface area (TPSA) is 99.1 Å². The van der Waals surface area contributed by atoms with Crippen LogP contribution in [0.3, 0.4) is 0 Å². The van der Waals surface area contributed by atoms with Crippen molar-refractivity contribution in [1.29, 1.82) is 5.41 Å². The summed E-state index contributed by atoms with van der Waals surface area (Å²) >= 11 is 0. The Bertz CT molecular complexity index is 407. The summed E-state index contributed by atoms with van der Waals surface area (Å²) in [6.07, 6.45) is 2.77. The molecular weight excluding hydrogens is 230 g/mol. The molecular formula is C12H21N5O. The van der Waals surface area contributed by atoms with E-state index in [0.717, 1.165) is 31.5 Å². The van der Waals surface area contributed by atoms with E-state index in [1.165, 1.54) is 0 Å². The zero-order valence-corrected chi connectivity index (χ0v) is 11.0. The lowest BCUT2D eigenvalue weighted by atomic mass is 10.2. The molecule has 1 rings (SSSR count). The summed E-state index contributed by atoms with van der Waals surface area (Å²) in [6, 6.07) is 1.70. The number of hydrogen-bond donors (Lipinski definition) is 3. The second-order valence-corrected chi connectivity index (χ2v) is 4.31. The average molecular weight is 251 g/mol. The number of amidine groups is 1. The van der Waals surface area contributed by atoms with Gasteiger partial charge in [0.2, 0.25) is 5.95 Å². The van der Waals surface area contributed by atoms with Gasteiger partial charge in [0.05, 0.1) is 0 Å². The molecule has 0 aromatic carbocycles. The Balaban J connectivity index is 2.67. The minimum atomic E-state index is -0.0459. The summed E-state index contributed by atoms with van der Waals surface area (Å²) in [6.45, 7) is 2.91. The van der Waals surface area contributed by atoms with Crippen molar-refractivity contribution in [1.82, 2.24) is 9.97 Å². The van der Waals surface area contributed by atoms with Gasteiger partial charge in [-0.2, -0.15) is 0 Å². The molecule has 0 spiro atoms. The molecule has 1 aromatic heterocycles. The molecule has 0 radical (unpaired) electrons.